The summed E-state index contributed by atoms with van der Waals surface area (Å²) >= 11 is 7.37. The number of amides is 2. The Morgan fingerprint density at radius 1 is 1.20 bits per heavy atom. The summed E-state index contributed by atoms with van der Waals surface area (Å²) in [5.41, 5.74) is 5.72. The first kappa shape index (κ1) is 19.4. The van der Waals surface area contributed by atoms with Crippen LogP contribution in [-0.2, 0) is 16.1 Å². The minimum absolute atomic E-state index is 0.0351. The first-order valence-electron chi connectivity index (χ1n) is 7.62. The summed E-state index contributed by atoms with van der Waals surface area (Å²) in [5, 5.41) is 0. The van der Waals surface area contributed by atoms with E-state index in [1.807, 2.05) is 24.1 Å². The molecular formula is C17H19ClFN3O2S. The highest BCUT2D eigenvalue weighted by atomic mass is 35.5. The van der Waals surface area contributed by atoms with Gasteiger partial charge in [0.15, 0.2) is 0 Å². The Hall–Kier alpha value is -1.96. The van der Waals surface area contributed by atoms with Crippen LogP contribution in [0, 0.1) is 5.82 Å². The minimum Gasteiger partial charge on any atom is -0.370 e. The van der Waals surface area contributed by atoms with Gasteiger partial charge in [0.05, 0.1) is 10.9 Å². The average Bonchev–Trinajstić information content (AvgIpc) is 2.93. The van der Waals surface area contributed by atoms with Crippen molar-refractivity contribution in [3.05, 3.63) is 51.4 Å². The van der Waals surface area contributed by atoms with Crippen LogP contribution in [0.3, 0.4) is 0 Å². The Kier molecular flexibility index (Phi) is 6.92. The minimum atomic E-state index is -0.499. The summed E-state index contributed by atoms with van der Waals surface area (Å²) in [6.45, 7) is 0.875. The van der Waals surface area contributed by atoms with E-state index in [-0.39, 0.29) is 25.4 Å². The molecule has 25 heavy (non-hydrogen) atoms. The highest BCUT2D eigenvalue weighted by molar-refractivity contribution is 7.16. The standard InChI is InChI=1S/C17H19ClFN3O2S/c1-21(10-14-6-7-15(18)25-14)11-17(24)22(9-8-16(20)23)13-4-2-12(19)3-5-13/h2-7H,8-11H2,1H3,(H2,20,23). The van der Waals surface area contributed by atoms with Gasteiger partial charge in [-0.05, 0) is 43.4 Å². The van der Waals surface area contributed by atoms with Gasteiger partial charge in [-0.2, -0.15) is 0 Å². The molecule has 1 aromatic heterocycles. The van der Waals surface area contributed by atoms with Crippen molar-refractivity contribution in [2.24, 2.45) is 5.73 Å². The van der Waals surface area contributed by atoms with Crippen molar-refractivity contribution < 1.29 is 14.0 Å². The van der Waals surface area contributed by atoms with E-state index in [4.69, 9.17) is 17.3 Å². The lowest BCUT2D eigenvalue weighted by molar-refractivity contribution is -0.119. The van der Waals surface area contributed by atoms with E-state index in [2.05, 4.69) is 0 Å². The number of halogens is 2. The summed E-state index contributed by atoms with van der Waals surface area (Å²) in [6, 6.07) is 9.29. The number of likely N-dealkylation sites (N-methyl/N-ethyl adjacent to an activating group) is 1. The van der Waals surface area contributed by atoms with Gasteiger partial charge in [-0.1, -0.05) is 11.6 Å². The number of anilines is 1. The maximum absolute atomic E-state index is 13.1. The third kappa shape index (κ3) is 6.12. The van der Waals surface area contributed by atoms with Crippen molar-refractivity contribution in [2.45, 2.75) is 13.0 Å². The number of hydrogen-bond acceptors (Lipinski definition) is 4. The zero-order valence-corrected chi connectivity index (χ0v) is 15.3. The molecule has 2 N–H and O–H groups in total. The number of carbonyl (C=O) groups is 2. The molecule has 0 saturated carbocycles. The van der Waals surface area contributed by atoms with Gasteiger partial charge in [-0.15, -0.1) is 11.3 Å². The molecule has 8 heteroatoms. The van der Waals surface area contributed by atoms with Crippen molar-refractivity contribution in [1.82, 2.24) is 4.90 Å². The Balaban J connectivity index is 2.05. The smallest absolute Gasteiger partial charge is 0.241 e. The number of thiophene rings is 1. The molecule has 1 aromatic carbocycles. The molecule has 0 fully saturated rings. The van der Waals surface area contributed by atoms with Crippen molar-refractivity contribution in [3.63, 3.8) is 0 Å². The van der Waals surface area contributed by atoms with Crippen LogP contribution in [0.15, 0.2) is 36.4 Å². The predicted molar refractivity (Wildman–Crippen MR) is 98.2 cm³/mol. The molecule has 2 amide bonds. The number of carbonyl (C=O) groups excluding carboxylic acids is 2. The normalized spacial score (nSPS) is 10.9. The fourth-order valence-corrected chi connectivity index (χ4v) is 3.48. The maximum atomic E-state index is 13.1. The summed E-state index contributed by atoms with van der Waals surface area (Å²) in [6.07, 6.45) is 0.0351. The Bertz CT molecular complexity index is 736. The van der Waals surface area contributed by atoms with Crippen molar-refractivity contribution in [1.29, 1.82) is 0 Å². The number of primary amides is 1. The van der Waals surface area contributed by atoms with E-state index in [9.17, 15) is 14.0 Å². The van der Waals surface area contributed by atoms with Crippen molar-refractivity contribution in [3.8, 4) is 0 Å². The maximum Gasteiger partial charge on any atom is 0.241 e. The zero-order chi connectivity index (χ0) is 18.4. The quantitative estimate of drug-likeness (QED) is 0.762. The SMILES string of the molecule is CN(CC(=O)N(CCC(N)=O)c1ccc(F)cc1)Cc1ccc(Cl)s1. The average molecular weight is 384 g/mol. The molecule has 0 radical (unpaired) electrons. The molecule has 2 aromatic rings. The molecular weight excluding hydrogens is 365 g/mol. The van der Waals surface area contributed by atoms with Gasteiger partial charge in [0, 0.05) is 30.1 Å². The second-order valence-corrected chi connectivity index (χ2v) is 7.42. The van der Waals surface area contributed by atoms with Crippen molar-refractivity contribution in [2.75, 3.05) is 25.0 Å². The topological polar surface area (TPSA) is 66.6 Å². The third-order valence-electron chi connectivity index (χ3n) is 3.48. The molecule has 0 aliphatic rings. The van der Waals surface area contributed by atoms with Gasteiger partial charge in [0.25, 0.3) is 0 Å². The number of nitrogens with two attached hydrogens (primary N) is 1. The summed E-state index contributed by atoms with van der Waals surface area (Å²) in [7, 11) is 1.82. The van der Waals surface area contributed by atoms with Gasteiger partial charge in [-0.3, -0.25) is 14.5 Å². The number of nitrogens with zero attached hydrogens (tertiary/aromatic N) is 2. The van der Waals surface area contributed by atoms with Crippen LogP contribution in [0.2, 0.25) is 4.34 Å². The van der Waals surface area contributed by atoms with Crippen LogP contribution in [0.25, 0.3) is 0 Å². The van der Waals surface area contributed by atoms with E-state index < -0.39 is 11.7 Å². The van der Waals surface area contributed by atoms with Crippen LogP contribution in [0.5, 0.6) is 0 Å². The Labute approximate surface area is 154 Å². The first-order chi connectivity index (χ1) is 11.8. The Morgan fingerprint density at radius 2 is 1.88 bits per heavy atom. The number of hydrogen-bond donors (Lipinski definition) is 1. The van der Waals surface area contributed by atoms with Crippen LogP contribution < -0.4 is 10.6 Å². The van der Waals surface area contributed by atoms with Gasteiger partial charge in [-0.25, -0.2) is 4.39 Å². The molecule has 134 valence electrons. The van der Waals surface area contributed by atoms with Crippen molar-refractivity contribution >= 4 is 40.4 Å². The van der Waals surface area contributed by atoms with E-state index >= 15 is 0 Å². The van der Waals surface area contributed by atoms with Crippen LogP contribution in [0.4, 0.5) is 10.1 Å². The molecule has 1 heterocycles. The molecule has 2 rings (SSSR count). The third-order valence-corrected chi connectivity index (χ3v) is 4.70. The lowest BCUT2D eigenvalue weighted by Gasteiger charge is -2.25. The van der Waals surface area contributed by atoms with Crippen LogP contribution in [0.1, 0.15) is 11.3 Å². The highest BCUT2D eigenvalue weighted by Gasteiger charge is 2.18. The lowest BCUT2D eigenvalue weighted by Crippen LogP contribution is -2.40. The molecule has 0 bridgehead atoms. The van der Waals surface area contributed by atoms with E-state index in [1.165, 1.54) is 40.5 Å². The van der Waals surface area contributed by atoms with Crippen LogP contribution in [-0.4, -0.2) is 36.9 Å². The summed E-state index contributed by atoms with van der Waals surface area (Å²) in [5.74, 6) is -1.09. The van der Waals surface area contributed by atoms with Gasteiger partial charge in [0.1, 0.15) is 5.82 Å². The second kappa shape index (κ2) is 8.94. The van der Waals surface area contributed by atoms with E-state index in [1.54, 1.807) is 0 Å². The molecule has 0 atom stereocenters. The molecule has 5 nitrogen and oxygen atoms in total. The summed E-state index contributed by atoms with van der Waals surface area (Å²) < 4.78 is 13.8. The molecule has 0 aliphatic heterocycles. The molecule has 0 unspecified atom stereocenters. The number of benzene rings is 1. The fourth-order valence-electron chi connectivity index (χ4n) is 2.32. The van der Waals surface area contributed by atoms with Crippen LogP contribution >= 0.6 is 22.9 Å². The van der Waals surface area contributed by atoms with Gasteiger partial charge >= 0.3 is 0 Å². The molecule has 0 saturated heterocycles. The zero-order valence-electron chi connectivity index (χ0n) is 13.7. The van der Waals surface area contributed by atoms with Gasteiger partial charge < -0.3 is 10.6 Å². The predicted octanol–water partition coefficient (Wildman–Crippen LogP) is 2.88. The monoisotopic (exact) mass is 383 g/mol. The summed E-state index contributed by atoms with van der Waals surface area (Å²) in [4.78, 5) is 28.1. The fraction of sp³-hybridized carbons (Fsp3) is 0.294. The van der Waals surface area contributed by atoms with E-state index in [0.29, 0.717) is 16.6 Å². The second-order valence-electron chi connectivity index (χ2n) is 5.62. The Morgan fingerprint density at radius 3 is 2.44 bits per heavy atom. The molecule has 0 spiro atoms. The lowest BCUT2D eigenvalue weighted by atomic mass is 10.2. The largest absolute Gasteiger partial charge is 0.370 e. The highest BCUT2D eigenvalue weighted by Crippen LogP contribution is 2.22. The molecule has 0 aliphatic carbocycles. The van der Waals surface area contributed by atoms with Gasteiger partial charge in [0.2, 0.25) is 11.8 Å². The van der Waals surface area contributed by atoms with E-state index in [0.717, 1.165) is 4.88 Å². The number of rotatable bonds is 8. The first-order valence-corrected chi connectivity index (χ1v) is 8.81.